The average Bonchev–Trinajstić information content (AvgIpc) is 2.38. The number of likely N-dealkylation sites (N-methyl/N-ethyl adjacent to an activating group) is 1. The van der Waals surface area contributed by atoms with Crippen molar-refractivity contribution in [1.29, 1.82) is 0 Å². The highest BCUT2D eigenvalue weighted by molar-refractivity contribution is 5.28. The molecular formula is C17H30N2. The van der Waals surface area contributed by atoms with Gasteiger partial charge in [0, 0.05) is 5.54 Å². The first-order valence-corrected chi connectivity index (χ1v) is 7.43. The molecule has 0 fully saturated rings. The van der Waals surface area contributed by atoms with E-state index in [-0.39, 0.29) is 5.54 Å². The lowest BCUT2D eigenvalue weighted by atomic mass is 9.83. The van der Waals surface area contributed by atoms with Gasteiger partial charge in [-0.15, -0.1) is 0 Å². The lowest BCUT2D eigenvalue weighted by molar-refractivity contribution is 0.113. The number of hydrogen-bond donors (Lipinski definition) is 1. The van der Waals surface area contributed by atoms with Crippen molar-refractivity contribution < 1.29 is 0 Å². The third-order valence-electron chi connectivity index (χ3n) is 4.33. The second kappa shape index (κ2) is 7.06. The molecule has 1 aromatic rings. The van der Waals surface area contributed by atoms with Crippen molar-refractivity contribution >= 4 is 0 Å². The van der Waals surface area contributed by atoms with Crippen molar-refractivity contribution in [2.75, 3.05) is 20.6 Å². The lowest BCUT2D eigenvalue weighted by Crippen LogP contribution is -2.51. The molecule has 1 N–H and O–H groups in total. The highest BCUT2D eigenvalue weighted by atomic mass is 15.2. The van der Waals surface area contributed by atoms with E-state index in [1.54, 1.807) is 0 Å². The van der Waals surface area contributed by atoms with Crippen LogP contribution in [0.5, 0.6) is 0 Å². The van der Waals surface area contributed by atoms with E-state index in [1.165, 1.54) is 11.1 Å². The third kappa shape index (κ3) is 3.80. The van der Waals surface area contributed by atoms with E-state index in [4.69, 9.17) is 0 Å². The van der Waals surface area contributed by atoms with Crippen LogP contribution in [0.15, 0.2) is 24.3 Å². The number of nitrogens with zero attached hydrogens (tertiary/aromatic N) is 1. The van der Waals surface area contributed by atoms with Crippen LogP contribution in [0.25, 0.3) is 0 Å². The molecule has 0 spiro atoms. The van der Waals surface area contributed by atoms with Gasteiger partial charge in [0.1, 0.15) is 0 Å². The van der Waals surface area contributed by atoms with Gasteiger partial charge in [0.2, 0.25) is 0 Å². The molecule has 2 nitrogen and oxygen atoms in total. The van der Waals surface area contributed by atoms with E-state index in [2.05, 4.69) is 76.3 Å². The Balaban J connectivity index is 3.13. The largest absolute Gasteiger partial charge is 0.308 e. The van der Waals surface area contributed by atoms with Gasteiger partial charge >= 0.3 is 0 Å². The van der Waals surface area contributed by atoms with Gasteiger partial charge in [-0.1, -0.05) is 43.7 Å². The highest BCUT2D eigenvalue weighted by Crippen LogP contribution is 2.33. The maximum Gasteiger partial charge on any atom is 0.0504 e. The molecule has 2 atom stereocenters. The minimum Gasteiger partial charge on any atom is -0.308 e. The van der Waals surface area contributed by atoms with Crippen molar-refractivity contribution in [2.45, 2.75) is 52.1 Å². The normalized spacial score (nSPS) is 16.4. The second-order valence-corrected chi connectivity index (χ2v) is 5.91. The number of benzene rings is 1. The Hall–Kier alpha value is -0.860. The van der Waals surface area contributed by atoms with E-state index in [1.807, 2.05) is 0 Å². The van der Waals surface area contributed by atoms with Crippen LogP contribution in [0.4, 0.5) is 0 Å². The molecule has 0 aliphatic rings. The summed E-state index contributed by atoms with van der Waals surface area (Å²) in [5.41, 5.74) is 2.85. The topological polar surface area (TPSA) is 15.3 Å². The van der Waals surface area contributed by atoms with Gasteiger partial charge in [0.15, 0.2) is 0 Å². The Morgan fingerprint density at radius 1 is 1.26 bits per heavy atom. The van der Waals surface area contributed by atoms with Gasteiger partial charge in [-0.3, -0.25) is 0 Å². The number of hydrogen-bond acceptors (Lipinski definition) is 2. The first-order valence-electron chi connectivity index (χ1n) is 7.43. The van der Waals surface area contributed by atoms with Gasteiger partial charge in [0.05, 0.1) is 6.04 Å². The molecule has 108 valence electrons. The Labute approximate surface area is 119 Å². The van der Waals surface area contributed by atoms with Crippen molar-refractivity contribution in [2.24, 2.45) is 0 Å². The van der Waals surface area contributed by atoms with Gasteiger partial charge in [-0.05, 0) is 52.9 Å². The average molecular weight is 262 g/mol. The van der Waals surface area contributed by atoms with E-state index in [0.717, 1.165) is 19.4 Å². The van der Waals surface area contributed by atoms with E-state index >= 15 is 0 Å². The number of nitrogens with one attached hydrogen (secondary N) is 1. The fourth-order valence-corrected chi connectivity index (χ4v) is 2.61. The first-order chi connectivity index (χ1) is 8.95. The van der Waals surface area contributed by atoms with Crippen LogP contribution in [0.1, 0.15) is 50.8 Å². The van der Waals surface area contributed by atoms with Gasteiger partial charge < -0.3 is 10.2 Å². The molecule has 0 amide bonds. The Bertz CT molecular complexity index is 387. The zero-order valence-electron chi connectivity index (χ0n) is 13.5. The summed E-state index contributed by atoms with van der Waals surface area (Å²) in [4.78, 5) is 2.35. The lowest BCUT2D eigenvalue weighted by Gasteiger charge is -2.43. The molecule has 2 unspecified atom stereocenters. The molecule has 0 aliphatic carbocycles. The monoisotopic (exact) mass is 262 g/mol. The summed E-state index contributed by atoms with van der Waals surface area (Å²) in [6.07, 6.45) is 2.28. The summed E-state index contributed by atoms with van der Waals surface area (Å²) in [6, 6.07) is 9.26. The van der Waals surface area contributed by atoms with Crippen LogP contribution in [-0.2, 0) is 0 Å². The summed E-state index contributed by atoms with van der Waals surface area (Å²) in [5.74, 6) is 0. The Morgan fingerprint density at radius 3 is 2.42 bits per heavy atom. The fraction of sp³-hybridized carbons (Fsp3) is 0.647. The Morgan fingerprint density at radius 2 is 1.95 bits per heavy atom. The fourth-order valence-electron chi connectivity index (χ4n) is 2.61. The van der Waals surface area contributed by atoms with Gasteiger partial charge in [0.25, 0.3) is 0 Å². The molecule has 0 saturated carbocycles. The maximum absolute atomic E-state index is 3.74. The van der Waals surface area contributed by atoms with E-state index in [9.17, 15) is 0 Å². The summed E-state index contributed by atoms with van der Waals surface area (Å²) >= 11 is 0. The first kappa shape index (κ1) is 16.2. The predicted molar refractivity (Wildman–Crippen MR) is 84.6 cm³/mol. The summed E-state index contributed by atoms with van der Waals surface area (Å²) in [6.45, 7) is 10.1. The number of aryl methyl sites for hydroxylation is 1. The van der Waals surface area contributed by atoms with Gasteiger partial charge in [-0.2, -0.15) is 0 Å². The Kier molecular flexibility index (Phi) is 6.02. The minimum atomic E-state index is 0.128. The molecule has 2 heteroatoms. The van der Waals surface area contributed by atoms with Gasteiger partial charge in [-0.25, -0.2) is 0 Å². The van der Waals surface area contributed by atoms with Crippen LogP contribution in [0, 0.1) is 6.92 Å². The molecule has 1 aromatic carbocycles. The van der Waals surface area contributed by atoms with Crippen LogP contribution >= 0.6 is 0 Å². The quantitative estimate of drug-likeness (QED) is 0.805. The minimum absolute atomic E-state index is 0.128. The van der Waals surface area contributed by atoms with Crippen molar-refractivity contribution in [1.82, 2.24) is 10.2 Å². The predicted octanol–water partition coefficient (Wildman–Crippen LogP) is 3.77. The molecule has 0 bridgehead atoms. The summed E-state index contributed by atoms with van der Waals surface area (Å²) in [7, 11) is 4.36. The molecule has 0 saturated heterocycles. The molecule has 0 heterocycles. The third-order valence-corrected chi connectivity index (χ3v) is 4.33. The van der Waals surface area contributed by atoms with E-state index in [0.29, 0.717) is 6.04 Å². The van der Waals surface area contributed by atoms with Crippen LogP contribution in [0.3, 0.4) is 0 Å². The summed E-state index contributed by atoms with van der Waals surface area (Å²) < 4.78 is 0. The SMILES string of the molecule is CCCNC(c1cccc(C)c1)C(C)(CC)N(C)C. The van der Waals surface area contributed by atoms with Crippen molar-refractivity contribution in [3.05, 3.63) is 35.4 Å². The molecule has 0 aliphatic heterocycles. The smallest absolute Gasteiger partial charge is 0.0504 e. The van der Waals surface area contributed by atoms with E-state index < -0.39 is 0 Å². The van der Waals surface area contributed by atoms with Crippen molar-refractivity contribution in [3.63, 3.8) is 0 Å². The molecule has 1 rings (SSSR count). The van der Waals surface area contributed by atoms with Crippen LogP contribution in [0.2, 0.25) is 0 Å². The molecule has 0 radical (unpaired) electrons. The number of rotatable bonds is 7. The maximum atomic E-state index is 3.74. The zero-order valence-corrected chi connectivity index (χ0v) is 13.5. The highest BCUT2D eigenvalue weighted by Gasteiger charge is 2.35. The summed E-state index contributed by atoms with van der Waals surface area (Å²) in [5, 5.41) is 3.74. The van der Waals surface area contributed by atoms with Crippen molar-refractivity contribution in [3.8, 4) is 0 Å². The second-order valence-electron chi connectivity index (χ2n) is 5.91. The van der Waals surface area contributed by atoms with Crippen LogP contribution in [-0.4, -0.2) is 31.1 Å². The standard InChI is InChI=1S/C17H30N2/c1-7-12-18-16(17(4,8-2)19(5)6)15-11-9-10-14(3)13-15/h9-11,13,16,18H,7-8,12H2,1-6H3. The van der Waals surface area contributed by atoms with Crippen LogP contribution < -0.4 is 5.32 Å². The zero-order chi connectivity index (χ0) is 14.5. The molecule has 0 aromatic heterocycles. The molecule has 19 heavy (non-hydrogen) atoms. The molecular weight excluding hydrogens is 232 g/mol.